The van der Waals surface area contributed by atoms with Gasteiger partial charge >= 0.3 is 0 Å². The Morgan fingerprint density at radius 1 is 1.42 bits per heavy atom. The van der Waals surface area contributed by atoms with E-state index in [0.717, 1.165) is 15.6 Å². The molecule has 0 amide bonds. The van der Waals surface area contributed by atoms with Crippen molar-refractivity contribution in [3.8, 4) is 6.07 Å². The van der Waals surface area contributed by atoms with Gasteiger partial charge in [0.05, 0.1) is 12.5 Å². The summed E-state index contributed by atoms with van der Waals surface area (Å²) < 4.78 is 0.967. The molecule has 2 N–H and O–H groups in total. The first-order valence-corrected chi connectivity index (χ1v) is 4.42. The number of hydrogen-bond donors (Lipinski definition) is 1. The van der Waals surface area contributed by atoms with Gasteiger partial charge in [0, 0.05) is 11.0 Å². The van der Waals surface area contributed by atoms with Crippen LogP contribution in [0.2, 0.25) is 0 Å². The lowest BCUT2D eigenvalue weighted by atomic mass is 10.1. The first kappa shape index (κ1) is 9.24. The number of benzene rings is 1. The van der Waals surface area contributed by atoms with Crippen LogP contribution in [0.3, 0.4) is 0 Å². The summed E-state index contributed by atoms with van der Waals surface area (Å²) in [4.78, 5) is 0. The molecule has 0 heterocycles. The van der Waals surface area contributed by atoms with Gasteiger partial charge in [-0.2, -0.15) is 5.26 Å². The van der Waals surface area contributed by atoms with E-state index in [2.05, 4.69) is 22.0 Å². The summed E-state index contributed by atoms with van der Waals surface area (Å²) in [7, 11) is 0. The largest absolute Gasteiger partial charge is 0.326 e. The maximum Gasteiger partial charge on any atom is 0.0670 e. The molecule has 1 rings (SSSR count). The molecule has 2 nitrogen and oxygen atoms in total. The zero-order valence-electron chi connectivity index (χ0n) is 6.55. The van der Waals surface area contributed by atoms with Gasteiger partial charge in [0.1, 0.15) is 0 Å². The van der Waals surface area contributed by atoms with Gasteiger partial charge in [-0.05, 0) is 11.1 Å². The second kappa shape index (κ2) is 4.24. The van der Waals surface area contributed by atoms with E-state index in [1.54, 1.807) is 0 Å². The summed E-state index contributed by atoms with van der Waals surface area (Å²) in [6.07, 6.45) is 0.425. The van der Waals surface area contributed by atoms with Crippen molar-refractivity contribution in [3.63, 3.8) is 0 Å². The molecule has 0 unspecified atom stereocenters. The van der Waals surface area contributed by atoms with Gasteiger partial charge < -0.3 is 5.73 Å². The van der Waals surface area contributed by atoms with Crippen molar-refractivity contribution in [3.05, 3.63) is 33.8 Å². The van der Waals surface area contributed by atoms with Gasteiger partial charge in [-0.3, -0.25) is 0 Å². The molecule has 0 saturated carbocycles. The van der Waals surface area contributed by atoms with Crippen molar-refractivity contribution in [2.24, 2.45) is 5.73 Å². The highest BCUT2D eigenvalue weighted by Gasteiger charge is 2.02. The van der Waals surface area contributed by atoms with E-state index in [9.17, 15) is 0 Å². The molecule has 0 atom stereocenters. The highest BCUT2D eigenvalue weighted by Crippen LogP contribution is 2.21. The van der Waals surface area contributed by atoms with Crippen LogP contribution in [0.5, 0.6) is 0 Å². The summed E-state index contributed by atoms with van der Waals surface area (Å²) in [5.41, 5.74) is 7.55. The summed E-state index contributed by atoms with van der Waals surface area (Å²) in [5, 5.41) is 8.51. The lowest BCUT2D eigenvalue weighted by Gasteiger charge is -2.04. The fourth-order valence-corrected chi connectivity index (χ4v) is 1.58. The number of halogens is 1. The fraction of sp³-hybridized carbons (Fsp3) is 0.222. The molecule has 12 heavy (non-hydrogen) atoms. The van der Waals surface area contributed by atoms with Crippen LogP contribution in [-0.2, 0) is 13.0 Å². The topological polar surface area (TPSA) is 49.8 Å². The van der Waals surface area contributed by atoms with Crippen molar-refractivity contribution in [2.45, 2.75) is 13.0 Å². The van der Waals surface area contributed by atoms with E-state index in [-0.39, 0.29) is 0 Å². The normalized spacial score (nSPS) is 9.42. The van der Waals surface area contributed by atoms with Gasteiger partial charge in [0.25, 0.3) is 0 Å². The van der Waals surface area contributed by atoms with E-state index in [0.29, 0.717) is 13.0 Å². The average molecular weight is 225 g/mol. The Labute approximate surface area is 80.1 Å². The summed E-state index contributed by atoms with van der Waals surface area (Å²) in [5.74, 6) is 0. The van der Waals surface area contributed by atoms with Gasteiger partial charge in [-0.1, -0.05) is 34.1 Å². The Hall–Kier alpha value is -0.850. The first-order valence-electron chi connectivity index (χ1n) is 3.63. The number of nitriles is 1. The van der Waals surface area contributed by atoms with E-state index in [1.807, 2.05) is 18.2 Å². The minimum Gasteiger partial charge on any atom is -0.326 e. The van der Waals surface area contributed by atoms with Gasteiger partial charge in [0.15, 0.2) is 0 Å². The second-order valence-electron chi connectivity index (χ2n) is 2.43. The molecular formula is C9H9BrN2. The molecule has 3 heteroatoms. The predicted octanol–water partition coefficient (Wildman–Crippen LogP) is 1.97. The van der Waals surface area contributed by atoms with Crippen molar-refractivity contribution in [1.82, 2.24) is 0 Å². The van der Waals surface area contributed by atoms with Crippen molar-refractivity contribution in [2.75, 3.05) is 0 Å². The van der Waals surface area contributed by atoms with E-state index < -0.39 is 0 Å². The van der Waals surface area contributed by atoms with Gasteiger partial charge in [-0.25, -0.2) is 0 Å². The highest BCUT2D eigenvalue weighted by molar-refractivity contribution is 9.10. The molecule has 1 aromatic rings. The van der Waals surface area contributed by atoms with Crippen LogP contribution in [0.4, 0.5) is 0 Å². The second-order valence-corrected chi connectivity index (χ2v) is 3.22. The van der Waals surface area contributed by atoms with Crippen LogP contribution < -0.4 is 5.73 Å². The third-order valence-electron chi connectivity index (χ3n) is 1.65. The number of nitrogens with zero attached hydrogens (tertiary/aromatic N) is 1. The maximum absolute atomic E-state index is 8.51. The Balaban J connectivity index is 3.07. The molecule has 0 saturated heterocycles. The molecule has 0 aliphatic heterocycles. The van der Waals surface area contributed by atoms with Crippen LogP contribution in [0.1, 0.15) is 11.1 Å². The van der Waals surface area contributed by atoms with E-state index in [4.69, 9.17) is 11.0 Å². The molecule has 62 valence electrons. The lowest BCUT2D eigenvalue weighted by Crippen LogP contribution is -1.99. The smallest absolute Gasteiger partial charge is 0.0670 e. The predicted molar refractivity (Wildman–Crippen MR) is 51.4 cm³/mol. The first-order chi connectivity index (χ1) is 5.79. The zero-order valence-corrected chi connectivity index (χ0v) is 8.13. The molecular weight excluding hydrogens is 216 g/mol. The Bertz CT molecular complexity index is 315. The summed E-state index contributed by atoms with van der Waals surface area (Å²) in [6, 6.07) is 7.89. The molecule has 0 fully saturated rings. The lowest BCUT2D eigenvalue weighted by molar-refractivity contribution is 1.05. The van der Waals surface area contributed by atoms with Crippen LogP contribution in [0, 0.1) is 11.3 Å². The van der Waals surface area contributed by atoms with Crippen LogP contribution in [0.25, 0.3) is 0 Å². The molecule has 0 aliphatic rings. The zero-order chi connectivity index (χ0) is 8.97. The van der Waals surface area contributed by atoms with Crippen molar-refractivity contribution in [1.29, 1.82) is 5.26 Å². The monoisotopic (exact) mass is 224 g/mol. The summed E-state index contributed by atoms with van der Waals surface area (Å²) in [6.45, 7) is 0.500. The molecule has 0 spiro atoms. The number of nitrogens with two attached hydrogens (primary N) is 1. The van der Waals surface area contributed by atoms with Gasteiger partial charge in [0.2, 0.25) is 0 Å². The van der Waals surface area contributed by atoms with Crippen LogP contribution >= 0.6 is 15.9 Å². The third-order valence-corrected chi connectivity index (χ3v) is 2.67. The maximum atomic E-state index is 8.51. The molecule has 0 bridgehead atoms. The fourth-order valence-electron chi connectivity index (χ4n) is 1.01. The van der Waals surface area contributed by atoms with Crippen molar-refractivity contribution >= 4 is 15.9 Å². The van der Waals surface area contributed by atoms with Gasteiger partial charge in [-0.15, -0.1) is 0 Å². The SMILES string of the molecule is N#CCc1cccc(CN)c1Br. The number of hydrogen-bond acceptors (Lipinski definition) is 2. The van der Waals surface area contributed by atoms with E-state index >= 15 is 0 Å². The van der Waals surface area contributed by atoms with E-state index in [1.165, 1.54) is 0 Å². The minimum absolute atomic E-state index is 0.425. The third kappa shape index (κ3) is 1.84. The highest BCUT2D eigenvalue weighted by atomic mass is 79.9. The quantitative estimate of drug-likeness (QED) is 0.836. The average Bonchev–Trinajstić information content (AvgIpc) is 2.09. The molecule has 0 radical (unpaired) electrons. The molecule has 0 aromatic heterocycles. The Kier molecular flexibility index (Phi) is 3.27. The molecule has 0 aliphatic carbocycles. The Morgan fingerprint density at radius 2 is 2.08 bits per heavy atom. The summed E-state index contributed by atoms with van der Waals surface area (Å²) >= 11 is 3.41. The van der Waals surface area contributed by atoms with Crippen molar-refractivity contribution < 1.29 is 0 Å². The van der Waals surface area contributed by atoms with Crippen LogP contribution in [-0.4, -0.2) is 0 Å². The molecule has 1 aromatic carbocycles. The minimum atomic E-state index is 0.425. The standard InChI is InChI=1S/C9H9BrN2/c10-9-7(4-5-11)2-1-3-8(9)6-12/h1-3H,4,6,12H2. The Morgan fingerprint density at radius 3 is 2.67 bits per heavy atom. The number of rotatable bonds is 2. The van der Waals surface area contributed by atoms with Crippen LogP contribution in [0.15, 0.2) is 22.7 Å².